The van der Waals surface area contributed by atoms with E-state index in [9.17, 15) is 9.59 Å². The zero-order valence-electron chi connectivity index (χ0n) is 14.6. The van der Waals surface area contributed by atoms with Crippen molar-refractivity contribution in [1.82, 2.24) is 9.78 Å². The lowest BCUT2D eigenvalue weighted by Gasteiger charge is -2.02. The van der Waals surface area contributed by atoms with E-state index in [0.717, 1.165) is 17.7 Å². The summed E-state index contributed by atoms with van der Waals surface area (Å²) in [7, 11) is 0. The Bertz CT molecular complexity index is 1030. The lowest BCUT2D eigenvalue weighted by Crippen LogP contribution is -2.17. The molecule has 0 radical (unpaired) electrons. The molecule has 1 aromatic heterocycles. The second kappa shape index (κ2) is 7.23. The average Bonchev–Trinajstić information content (AvgIpc) is 2.94. The Balaban J connectivity index is 1.97. The summed E-state index contributed by atoms with van der Waals surface area (Å²) in [6, 6.07) is 13.9. The number of aryl methyl sites for hydroxylation is 2. The van der Waals surface area contributed by atoms with E-state index in [2.05, 4.69) is 17.0 Å². The van der Waals surface area contributed by atoms with Crippen molar-refractivity contribution in [2.24, 2.45) is 4.99 Å². The van der Waals surface area contributed by atoms with Gasteiger partial charge in [0.2, 0.25) is 0 Å². The molecule has 0 bridgehead atoms. The Hall–Kier alpha value is -3.41. The number of H-pyrrole nitrogens is 1. The second-order valence-electron chi connectivity index (χ2n) is 5.88. The SMILES string of the molecule is CCc1ccccc1N=Cc1c(C)[nH]n(-c2ccc(C(=O)O)cc2)c1=O. The predicted molar refractivity (Wildman–Crippen MR) is 101 cm³/mol. The van der Waals surface area contributed by atoms with Crippen molar-refractivity contribution in [2.45, 2.75) is 20.3 Å². The van der Waals surface area contributed by atoms with Crippen molar-refractivity contribution in [1.29, 1.82) is 0 Å². The third-order valence-electron chi connectivity index (χ3n) is 4.19. The molecule has 1 heterocycles. The molecule has 6 heteroatoms. The summed E-state index contributed by atoms with van der Waals surface area (Å²) in [5.41, 5.74) is 3.62. The van der Waals surface area contributed by atoms with E-state index in [1.165, 1.54) is 16.8 Å². The largest absolute Gasteiger partial charge is 0.478 e. The molecular weight excluding hydrogens is 330 g/mol. The summed E-state index contributed by atoms with van der Waals surface area (Å²) in [6.07, 6.45) is 2.44. The fraction of sp³-hybridized carbons (Fsp3) is 0.150. The van der Waals surface area contributed by atoms with Crippen LogP contribution in [0.15, 0.2) is 58.3 Å². The smallest absolute Gasteiger partial charge is 0.335 e. The van der Waals surface area contributed by atoms with Crippen LogP contribution in [0.4, 0.5) is 5.69 Å². The summed E-state index contributed by atoms with van der Waals surface area (Å²) < 4.78 is 1.38. The first kappa shape index (κ1) is 17.4. The maximum atomic E-state index is 12.7. The molecule has 2 N–H and O–H groups in total. The molecule has 2 aromatic carbocycles. The van der Waals surface area contributed by atoms with Gasteiger partial charge in [-0.25, -0.2) is 9.48 Å². The van der Waals surface area contributed by atoms with Crippen LogP contribution in [0, 0.1) is 6.92 Å². The van der Waals surface area contributed by atoms with Crippen LogP contribution in [0.2, 0.25) is 0 Å². The number of carbonyl (C=O) groups is 1. The van der Waals surface area contributed by atoms with Gasteiger partial charge in [-0.2, -0.15) is 0 Å². The fourth-order valence-electron chi connectivity index (χ4n) is 2.72. The number of benzene rings is 2. The molecule has 0 amide bonds. The Labute approximate surface area is 150 Å². The van der Waals surface area contributed by atoms with Crippen LogP contribution in [-0.2, 0) is 6.42 Å². The number of nitrogens with one attached hydrogen (secondary N) is 1. The van der Waals surface area contributed by atoms with Crippen LogP contribution in [0.3, 0.4) is 0 Å². The molecule has 3 aromatic rings. The number of aliphatic imine (C=N–C) groups is 1. The van der Waals surface area contributed by atoms with Gasteiger partial charge in [0.05, 0.1) is 22.5 Å². The number of rotatable bonds is 5. The molecule has 0 fully saturated rings. The predicted octanol–water partition coefficient (Wildman–Crippen LogP) is 3.49. The van der Waals surface area contributed by atoms with Gasteiger partial charge in [0, 0.05) is 11.9 Å². The van der Waals surface area contributed by atoms with Crippen molar-refractivity contribution >= 4 is 17.9 Å². The molecule has 0 aliphatic rings. The Morgan fingerprint density at radius 2 is 1.88 bits per heavy atom. The van der Waals surface area contributed by atoms with Crippen molar-refractivity contribution in [2.75, 3.05) is 0 Å². The number of hydrogen-bond donors (Lipinski definition) is 2. The summed E-state index contributed by atoms with van der Waals surface area (Å²) in [4.78, 5) is 28.1. The van der Waals surface area contributed by atoms with Crippen LogP contribution in [0.5, 0.6) is 0 Å². The molecular formula is C20H19N3O3. The van der Waals surface area contributed by atoms with E-state index < -0.39 is 5.97 Å². The average molecular weight is 349 g/mol. The maximum absolute atomic E-state index is 12.7. The molecule has 0 aliphatic heterocycles. The fourth-order valence-corrected chi connectivity index (χ4v) is 2.72. The zero-order chi connectivity index (χ0) is 18.7. The van der Waals surface area contributed by atoms with E-state index in [4.69, 9.17) is 5.11 Å². The molecule has 3 rings (SSSR count). The molecule has 0 saturated carbocycles. The summed E-state index contributed by atoms with van der Waals surface area (Å²) >= 11 is 0. The number of aromatic carboxylic acids is 1. The second-order valence-corrected chi connectivity index (χ2v) is 5.88. The van der Waals surface area contributed by atoms with E-state index >= 15 is 0 Å². The Morgan fingerprint density at radius 1 is 1.19 bits per heavy atom. The number of hydrogen-bond acceptors (Lipinski definition) is 3. The molecule has 0 spiro atoms. The third kappa shape index (κ3) is 3.35. The molecule has 0 atom stereocenters. The van der Waals surface area contributed by atoms with Crippen LogP contribution in [-0.4, -0.2) is 27.1 Å². The summed E-state index contributed by atoms with van der Waals surface area (Å²) in [5.74, 6) is -1.01. The lowest BCUT2D eigenvalue weighted by atomic mass is 10.1. The van der Waals surface area contributed by atoms with Gasteiger partial charge >= 0.3 is 5.97 Å². The van der Waals surface area contributed by atoms with Gasteiger partial charge in [-0.3, -0.25) is 14.9 Å². The van der Waals surface area contributed by atoms with Crippen LogP contribution < -0.4 is 5.56 Å². The first-order valence-corrected chi connectivity index (χ1v) is 8.28. The standard InChI is InChI=1S/C20H19N3O3/c1-3-14-6-4-5-7-18(14)21-12-17-13(2)22-23(19(17)24)16-10-8-15(9-11-16)20(25)26/h4-12,22H,3H2,1-2H3,(H,25,26). The molecule has 26 heavy (non-hydrogen) atoms. The van der Waals surface area contributed by atoms with Crippen LogP contribution in [0.25, 0.3) is 5.69 Å². The summed E-state index contributed by atoms with van der Waals surface area (Å²) in [6.45, 7) is 3.86. The van der Waals surface area contributed by atoms with Gasteiger partial charge in [0.15, 0.2) is 0 Å². The van der Waals surface area contributed by atoms with Crippen molar-refractivity contribution < 1.29 is 9.90 Å². The van der Waals surface area contributed by atoms with Crippen LogP contribution >= 0.6 is 0 Å². The van der Waals surface area contributed by atoms with Gasteiger partial charge in [-0.1, -0.05) is 25.1 Å². The molecule has 0 unspecified atom stereocenters. The van der Waals surface area contributed by atoms with Gasteiger partial charge in [-0.05, 0) is 49.2 Å². The highest BCUT2D eigenvalue weighted by atomic mass is 16.4. The number of carboxylic acid groups (broad SMARTS) is 1. The first-order valence-electron chi connectivity index (χ1n) is 8.28. The highest BCUT2D eigenvalue weighted by Gasteiger charge is 2.11. The third-order valence-corrected chi connectivity index (χ3v) is 4.19. The normalized spacial score (nSPS) is 11.2. The minimum atomic E-state index is -1.01. The van der Waals surface area contributed by atoms with E-state index in [0.29, 0.717) is 16.9 Å². The maximum Gasteiger partial charge on any atom is 0.335 e. The van der Waals surface area contributed by atoms with Crippen molar-refractivity contribution in [3.63, 3.8) is 0 Å². The lowest BCUT2D eigenvalue weighted by molar-refractivity contribution is 0.0697. The van der Waals surface area contributed by atoms with E-state index in [-0.39, 0.29) is 11.1 Å². The van der Waals surface area contributed by atoms with Gasteiger partial charge < -0.3 is 5.11 Å². The molecule has 0 saturated heterocycles. The number of nitrogens with zero attached hydrogens (tertiary/aromatic N) is 2. The quantitative estimate of drug-likeness (QED) is 0.691. The molecule has 0 aliphatic carbocycles. The number of aromatic nitrogens is 2. The highest BCUT2D eigenvalue weighted by molar-refractivity contribution is 5.87. The van der Waals surface area contributed by atoms with Gasteiger partial charge in [-0.15, -0.1) is 0 Å². The monoisotopic (exact) mass is 349 g/mol. The number of aromatic amines is 1. The van der Waals surface area contributed by atoms with E-state index in [1.54, 1.807) is 25.3 Å². The summed E-state index contributed by atoms with van der Waals surface area (Å²) in [5, 5.41) is 12.0. The van der Waals surface area contributed by atoms with Gasteiger partial charge in [0.1, 0.15) is 0 Å². The topological polar surface area (TPSA) is 87.4 Å². The van der Waals surface area contributed by atoms with Crippen molar-refractivity contribution in [3.8, 4) is 5.69 Å². The molecule has 132 valence electrons. The Morgan fingerprint density at radius 3 is 2.54 bits per heavy atom. The first-order chi connectivity index (χ1) is 12.5. The zero-order valence-corrected chi connectivity index (χ0v) is 14.6. The van der Waals surface area contributed by atoms with Gasteiger partial charge in [0.25, 0.3) is 5.56 Å². The van der Waals surface area contributed by atoms with Crippen molar-refractivity contribution in [3.05, 3.63) is 81.3 Å². The molecule has 6 nitrogen and oxygen atoms in total. The van der Waals surface area contributed by atoms with Crippen LogP contribution in [0.1, 0.15) is 34.1 Å². The number of para-hydroxylation sites is 1. The number of carboxylic acids is 1. The highest BCUT2D eigenvalue weighted by Crippen LogP contribution is 2.19. The van der Waals surface area contributed by atoms with E-state index in [1.807, 2.05) is 24.3 Å². The minimum absolute atomic E-state index is 0.169. The Kier molecular flexibility index (Phi) is 4.84. The minimum Gasteiger partial charge on any atom is -0.478 e.